The van der Waals surface area contributed by atoms with Crippen molar-refractivity contribution in [1.29, 1.82) is 0 Å². The predicted octanol–water partition coefficient (Wildman–Crippen LogP) is 7.46. The Kier molecular flexibility index (Phi) is 8.56. The summed E-state index contributed by atoms with van der Waals surface area (Å²) in [4.78, 5) is 42.0. The zero-order valence-corrected chi connectivity index (χ0v) is 22.5. The number of unbranched alkanes of at least 4 members (excludes halogenated alkanes) is 1. The van der Waals surface area contributed by atoms with Gasteiger partial charge in [0.2, 0.25) is 0 Å². The van der Waals surface area contributed by atoms with E-state index in [-0.39, 0.29) is 15.8 Å². The van der Waals surface area contributed by atoms with Gasteiger partial charge in [0.15, 0.2) is 0 Å². The number of hydrogen-bond acceptors (Lipinski definition) is 3. The van der Waals surface area contributed by atoms with Crippen molar-refractivity contribution in [2.45, 2.75) is 24.2 Å². The summed E-state index contributed by atoms with van der Waals surface area (Å²) in [6, 6.07) is 19.2. The second kappa shape index (κ2) is 11.0. The minimum absolute atomic E-state index is 0.287. The average molecular weight is 595 g/mol. The molecule has 0 spiro atoms. The molecule has 164 valence electrons. The third-order valence-corrected chi connectivity index (χ3v) is 18.4. The first-order valence-electron chi connectivity index (χ1n) is 10.2. The van der Waals surface area contributed by atoms with E-state index >= 15 is 0 Å². The van der Waals surface area contributed by atoms with Gasteiger partial charge in [-0.25, -0.2) is 0 Å². The van der Waals surface area contributed by atoms with Gasteiger partial charge in [-0.15, -0.1) is 0 Å². The molecule has 3 aromatic carbocycles. The van der Waals surface area contributed by atoms with Gasteiger partial charge in [0, 0.05) is 0 Å². The summed E-state index contributed by atoms with van der Waals surface area (Å²) in [5.41, 5.74) is 1.02. The summed E-state index contributed by atoms with van der Waals surface area (Å²) in [7, 11) is 0. The maximum absolute atomic E-state index is 14.0. The van der Waals surface area contributed by atoms with Gasteiger partial charge in [-0.05, 0) is 0 Å². The monoisotopic (exact) mass is 594 g/mol. The number of hydrogen-bond donors (Lipinski definition) is 0. The van der Waals surface area contributed by atoms with E-state index in [0.29, 0.717) is 38.2 Å². The fourth-order valence-electron chi connectivity index (χ4n) is 3.63. The first-order valence-corrected chi connectivity index (χ1v) is 17.6. The van der Waals surface area contributed by atoms with Crippen LogP contribution in [0.5, 0.6) is 0 Å². The van der Waals surface area contributed by atoms with Crippen LogP contribution in [0.4, 0.5) is 0 Å². The zero-order chi connectivity index (χ0) is 23.3. The molecule has 3 rings (SSSR count). The van der Waals surface area contributed by atoms with Gasteiger partial charge in [0.05, 0.1) is 0 Å². The molecule has 0 aliphatic heterocycles. The van der Waals surface area contributed by atoms with E-state index in [1.807, 2.05) is 6.92 Å². The molecule has 0 radical (unpaired) electrons. The molecule has 0 saturated heterocycles. The molecule has 0 saturated carbocycles. The van der Waals surface area contributed by atoms with Gasteiger partial charge in [-0.2, -0.15) is 0 Å². The van der Waals surface area contributed by atoms with Crippen LogP contribution >= 0.6 is 34.8 Å². The molecule has 3 aromatic rings. The molecule has 0 N–H and O–H groups in total. The van der Waals surface area contributed by atoms with Crippen LogP contribution in [0.3, 0.4) is 0 Å². The minimum atomic E-state index is -4.98. The fourth-order valence-corrected chi connectivity index (χ4v) is 15.9. The summed E-state index contributed by atoms with van der Waals surface area (Å²) in [5, 5.41) is 1.43. The van der Waals surface area contributed by atoms with Crippen molar-refractivity contribution >= 4 is 64.6 Å². The summed E-state index contributed by atoms with van der Waals surface area (Å²) < 4.78 is -0.742. The van der Waals surface area contributed by atoms with Crippen molar-refractivity contribution in [1.82, 2.24) is 0 Å². The predicted molar refractivity (Wildman–Crippen MR) is 133 cm³/mol. The molecule has 0 aliphatic rings. The van der Waals surface area contributed by atoms with E-state index in [1.54, 1.807) is 72.8 Å². The Morgan fingerprint density at radius 3 is 1.12 bits per heavy atom. The summed E-state index contributed by atoms with van der Waals surface area (Å²) in [6.07, 6.45) is 1.36. The standard InChI is InChI=1S/3C7H4ClO.C4H9.Sn/c3*8-7-3-1-6(5-9)2-4-7;1-3-4-2;/h3*1-4H;1,3-4H2,2H3;. The fraction of sp³-hybridized carbons (Fsp3) is 0.160. The van der Waals surface area contributed by atoms with E-state index in [4.69, 9.17) is 34.8 Å². The molecule has 0 amide bonds. The van der Waals surface area contributed by atoms with E-state index < -0.39 is 18.4 Å². The Balaban J connectivity index is 2.23. The molecule has 0 aliphatic carbocycles. The second-order valence-electron chi connectivity index (χ2n) is 7.52. The molecule has 0 fully saturated rings. The number of carbonyl (C=O) groups excluding carboxylic acids is 3. The molecule has 7 heteroatoms. The topological polar surface area (TPSA) is 51.2 Å². The van der Waals surface area contributed by atoms with E-state index in [1.165, 1.54) is 0 Å². The van der Waals surface area contributed by atoms with Gasteiger partial charge in [0.25, 0.3) is 0 Å². The van der Waals surface area contributed by atoms with Crippen LogP contribution in [0.25, 0.3) is 0 Å². The van der Waals surface area contributed by atoms with Crippen molar-refractivity contribution in [2.24, 2.45) is 0 Å². The van der Waals surface area contributed by atoms with Crippen molar-refractivity contribution in [3.05, 3.63) is 105 Å². The Labute approximate surface area is 206 Å². The quantitative estimate of drug-likeness (QED) is 0.242. The van der Waals surface area contributed by atoms with Crippen LogP contribution in [0.15, 0.2) is 72.8 Å². The molecule has 0 unspecified atom stereocenters. The van der Waals surface area contributed by atoms with Crippen LogP contribution in [0, 0.1) is 0 Å². The van der Waals surface area contributed by atoms with Gasteiger partial charge in [0.1, 0.15) is 0 Å². The Bertz CT molecular complexity index is 985. The van der Waals surface area contributed by atoms with Gasteiger partial charge < -0.3 is 0 Å². The summed E-state index contributed by atoms with van der Waals surface area (Å²) >= 11 is 13.0. The molecular formula is C25H21Cl3O3Sn. The summed E-state index contributed by atoms with van der Waals surface area (Å²) in [6.45, 7) is 1.98. The van der Waals surface area contributed by atoms with Crippen molar-refractivity contribution < 1.29 is 14.4 Å². The van der Waals surface area contributed by atoms with Gasteiger partial charge in [-0.1, -0.05) is 0 Å². The van der Waals surface area contributed by atoms with Crippen molar-refractivity contribution in [3.8, 4) is 0 Å². The Morgan fingerprint density at radius 1 is 0.594 bits per heavy atom. The first kappa shape index (κ1) is 25.0. The normalized spacial score (nSPS) is 11.2. The van der Waals surface area contributed by atoms with E-state index in [9.17, 15) is 14.4 Å². The SMILES string of the molecule is CCC[CH2][Sn]([C](=O)c1ccc(Cl)cc1)([C](=O)c1ccc(Cl)cc1)[C](=O)c1ccc(Cl)cc1. The number of benzene rings is 3. The molecule has 32 heavy (non-hydrogen) atoms. The maximum atomic E-state index is 14.0. The average Bonchev–Trinajstić information content (AvgIpc) is 2.80. The Hall–Kier alpha value is -1.66. The molecule has 0 heterocycles. The molecule has 0 aromatic heterocycles. The van der Waals surface area contributed by atoms with Crippen LogP contribution < -0.4 is 0 Å². The second-order valence-corrected chi connectivity index (χ2v) is 19.3. The zero-order valence-electron chi connectivity index (χ0n) is 17.4. The number of carbonyl (C=O) groups is 3. The van der Waals surface area contributed by atoms with Crippen LogP contribution in [0.1, 0.15) is 50.8 Å². The van der Waals surface area contributed by atoms with Crippen LogP contribution in [0.2, 0.25) is 19.5 Å². The first-order chi connectivity index (χ1) is 15.3. The number of halogens is 3. The van der Waals surface area contributed by atoms with Crippen LogP contribution in [-0.4, -0.2) is 29.8 Å². The van der Waals surface area contributed by atoms with E-state index in [2.05, 4.69) is 0 Å². The molecule has 0 bridgehead atoms. The third kappa shape index (κ3) is 5.28. The Morgan fingerprint density at radius 2 is 0.875 bits per heavy atom. The third-order valence-electron chi connectivity index (χ3n) is 5.39. The van der Waals surface area contributed by atoms with Gasteiger partial charge >= 0.3 is 208 Å². The van der Waals surface area contributed by atoms with Crippen molar-refractivity contribution in [3.63, 3.8) is 0 Å². The van der Waals surface area contributed by atoms with Gasteiger partial charge in [-0.3, -0.25) is 0 Å². The summed E-state index contributed by atoms with van der Waals surface area (Å²) in [5.74, 6) is 0. The molecular weight excluding hydrogens is 573 g/mol. The molecule has 3 nitrogen and oxygen atoms in total. The van der Waals surface area contributed by atoms with Crippen LogP contribution in [-0.2, 0) is 0 Å². The molecule has 0 atom stereocenters. The van der Waals surface area contributed by atoms with E-state index in [0.717, 1.165) is 6.42 Å². The van der Waals surface area contributed by atoms with Crippen molar-refractivity contribution in [2.75, 3.05) is 0 Å². The number of rotatable bonds is 9.